The first-order valence-electron chi connectivity index (χ1n) is 9.22. The number of halogens is 1. The number of nitrogens with zero attached hydrogens (tertiary/aromatic N) is 3. The number of carbonyl (C=O) groups is 1. The van der Waals surface area contributed by atoms with Crippen molar-refractivity contribution in [1.82, 2.24) is 14.9 Å². The molecule has 0 spiro atoms. The summed E-state index contributed by atoms with van der Waals surface area (Å²) in [4.78, 5) is 36.7. The Kier molecular flexibility index (Phi) is 4.65. The average Bonchev–Trinajstić information content (AvgIpc) is 2.67. The highest BCUT2D eigenvalue weighted by Crippen LogP contribution is 2.35. The summed E-state index contributed by atoms with van der Waals surface area (Å²) in [6, 6.07) is 6.24. The molecule has 8 heteroatoms. The zero-order valence-corrected chi connectivity index (χ0v) is 15.2. The van der Waals surface area contributed by atoms with E-state index < -0.39 is 11.7 Å². The molecule has 1 amide bonds. The lowest BCUT2D eigenvalue weighted by Crippen LogP contribution is -2.47. The summed E-state index contributed by atoms with van der Waals surface area (Å²) < 4.78 is 14.3. The number of hydrogen-bond donors (Lipinski definition) is 2. The molecule has 0 saturated carbocycles. The highest BCUT2D eigenvalue weighted by Gasteiger charge is 2.33. The molecule has 4 rings (SSSR count). The Morgan fingerprint density at radius 2 is 1.93 bits per heavy atom. The van der Waals surface area contributed by atoms with Gasteiger partial charge in [0.2, 0.25) is 11.9 Å². The van der Waals surface area contributed by atoms with Crippen LogP contribution in [-0.4, -0.2) is 53.5 Å². The Bertz CT molecular complexity index is 921. The van der Waals surface area contributed by atoms with Gasteiger partial charge in [-0.25, -0.2) is 4.39 Å². The first-order chi connectivity index (χ1) is 13.1. The van der Waals surface area contributed by atoms with Crippen LogP contribution in [0.1, 0.15) is 30.4 Å². The molecule has 7 nitrogen and oxygen atoms in total. The van der Waals surface area contributed by atoms with Gasteiger partial charge in [0.05, 0.1) is 5.56 Å². The van der Waals surface area contributed by atoms with Crippen molar-refractivity contribution in [2.24, 2.45) is 0 Å². The molecular formula is C19H22FN5O2. The molecule has 0 aliphatic carbocycles. The SMILES string of the molecule is CCN1CCN(c2nc3c(c(=O)[nH]2)C(c2ccccc2F)CC(=O)N3)CC1. The maximum atomic E-state index is 14.3. The van der Waals surface area contributed by atoms with Gasteiger partial charge in [0.1, 0.15) is 11.6 Å². The monoisotopic (exact) mass is 371 g/mol. The van der Waals surface area contributed by atoms with Crippen molar-refractivity contribution in [1.29, 1.82) is 0 Å². The van der Waals surface area contributed by atoms with Crippen molar-refractivity contribution in [2.75, 3.05) is 42.9 Å². The van der Waals surface area contributed by atoms with Crippen molar-refractivity contribution in [2.45, 2.75) is 19.3 Å². The van der Waals surface area contributed by atoms with Crippen molar-refractivity contribution in [3.8, 4) is 0 Å². The topological polar surface area (TPSA) is 81.3 Å². The van der Waals surface area contributed by atoms with Gasteiger partial charge in [-0.15, -0.1) is 0 Å². The van der Waals surface area contributed by atoms with Crippen molar-refractivity contribution in [3.05, 3.63) is 51.6 Å². The molecule has 2 aliphatic rings. The van der Waals surface area contributed by atoms with Gasteiger partial charge in [-0.3, -0.25) is 14.6 Å². The van der Waals surface area contributed by atoms with Crippen molar-refractivity contribution >= 4 is 17.7 Å². The summed E-state index contributed by atoms with van der Waals surface area (Å²) in [6.07, 6.45) is 0.0210. The van der Waals surface area contributed by atoms with E-state index in [9.17, 15) is 14.0 Å². The van der Waals surface area contributed by atoms with Crippen LogP contribution in [0.2, 0.25) is 0 Å². The molecule has 0 bridgehead atoms. The van der Waals surface area contributed by atoms with Crippen LogP contribution in [0.5, 0.6) is 0 Å². The van der Waals surface area contributed by atoms with Gasteiger partial charge in [0.15, 0.2) is 0 Å². The predicted molar refractivity (Wildman–Crippen MR) is 101 cm³/mol. The molecule has 1 atom stereocenters. The number of hydrogen-bond acceptors (Lipinski definition) is 5. The number of nitrogens with one attached hydrogen (secondary N) is 2. The molecular weight excluding hydrogens is 349 g/mol. The van der Waals surface area contributed by atoms with Gasteiger partial charge in [-0.1, -0.05) is 25.1 Å². The highest BCUT2D eigenvalue weighted by atomic mass is 19.1. The second-order valence-electron chi connectivity index (χ2n) is 6.90. The largest absolute Gasteiger partial charge is 0.340 e. The van der Waals surface area contributed by atoms with E-state index in [2.05, 4.69) is 27.1 Å². The van der Waals surface area contributed by atoms with E-state index in [0.717, 1.165) is 32.7 Å². The van der Waals surface area contributed by atoms with E-state index in [4.69, 9.17) is 0 Å². The molecule has 2 N–H and O–H groups in total. The third kappa shape index (κ3) is 3.32. The standard InChI is InChI=1S/C19H22FN5O2/c1-2-24-7-9-25(10-8-24)19-22-17-16(18(27)23-19)13(11-15(26)21-17)12-5-3-4-6-14(12)20/h3-6,13H,2,7-11H2,1H3,(H2,21,22,23,26,27). The number of carbonyl (C=O) groups excluding carboxylic acids is 1. The first kappa shape index (κ1) is 17.7. The molecule has 3 heterocycles. The van der Waals surface area contributed by atoms with E-state index in [1.54, 1.807) is 18.2 Å². The molecule has 1 unspecified atom stereocenters. The van der Waals surface area contributed by atoms with Gasteiger partial charge in [-0.05, 0) is 18.2 Å². The van der Waals surface area contributed by atoms with Crippen LogP contribution >= 0.6 is 0 Å². The Labute approximate surface area is 156 Å². The zero-order valence-electron chi connectivity index (χ0n) is 15.2. The lowest BCUT2D eigenvalue weighted by Gasteiger charge is -2.35. The minimum Gasteiger partial charge on any atom is -0.340 e. The molecule has 1 aromatic carbocycles. The summed E-state index contributed by atoms with van der Waals surface area (Å²) in [5.41, 5.74) is 0.321. The van der Waals surface area contributed by atoms with Gasteiger partial charge in [-0.2, -0.15) is 4.98 Å². The third-order valence-corrected chi connectivity index (χ3v) is 5.34. The lowest BCUT2D eigenvalue weighted by molar-refractivity contribution is -0.116. The fraction of sp³-hybridized carbons (Fsp3) is 0.421. The Morgan fingerprint density at radius 1 is 1.19 bits per heavy atom. The summed E-state index contributed by atoms with van der Waals surface area (Å²) in [5.74, 6) is -0.657. The van der Waals surface area contributed by atoms with Crippen LogP contribution in [0.15, 0.2) is 29.1 Å². The summed E-state index contributed by atoms with van der Waals surface area (Å²) >= 11 is 0. The summed E-state index contributed by atoms with van der Waals surface area (Å²) in [6.45, 7) is 6.39. The van der Waals surface area contributed by atoms with Crippen LogP contribution in [0.25, 0.3) is 0 Å². The Morgan fingerprint density at radius 3 is 2.63 bits per heavy atom. The number of H-pyrrole nitrogens is 1. The number of aromatic nitrogens is 2. The molecule has 2 aromatic rings. The quantitative estimate of drug-likeness (QED) is 0.855. The molecule has 142 valence electrons. The van der Waals surface area contributed by atoms with Crippen LogP contribution in [0.3, 0.4) is 0 Å². The minimum atomic E-state index is -0.641. The molecule has 1 aromatic heterocycles. The first-order valence-corrected chi connectivity index (χ1v) is 9.22. The number of piperazine rings is 1. The van der Waals surface area contributed by atoms with E-state index >= 15 is 0 Å². The Hall–Kier alpha value is -2.74. The van der Waals surface area contributed by atoms with E-state index in [0.29, 0.717) is 17.1 Å². The fourth-order valence-corrected chi connectivity index (χ4v) is 3.81. The molecule has 1 fully saturated rings. The number of benzene rings is 1. The smallest absolute Gasteiger partial charge is 0.258 e. The van der Waals surface area contributed by atoms with Crippen LogP contribution in [-0.2, 0) is 4.79 Å². The van der Waals surface area contributed by atoms with E-state index in [-0.39, 0.29) is 23.7 Å². The van der Waals surface area contributed by atoms with Crippen LogP contribution < -0.4 is 15.8 Å². The normalized spacial score (nSPS) is 20.3. The number of anilines is 2. The number of fused-ring (bicyclic) bond motifs is 1. The zero-order chi connectivity index (χ0) is 19.0. The van der Waals surface area contributed by atoms with Gasteiger partial charge < -0.3 is 15.1 Å². The summed E-state index contributed by atoms with van der Waals surface area (Å²) in [7, 11) is 0. The molecule has 0 radical (unpaired) electrons. The molecule has 2 aliphatic heterocycles. The molecule has 1 saturated heterocycles. The molecule has 27 heavy (non-hydrogen) atoms. The maximum absolute atomic E-state index is 14.3. The maximum Gasteiger partial charge on any atom is 0.258 e. The predicted octanol–water partition coefficient (Wildman–Crippen LogP) is 1.52. The lowest BCUT2D eigenvalue weighted by atomic mass is 9.86. The number of rotatable bonds is 3. The van der Waals surface area contributed by atoms with Gasteiger partial charge in [0.25, 0.3) is 5.56 Å². The number of amides is 1. The van der Waals surface area contributed by atoms with Crippen molar-refractivity contribution in [3.63, 3.8) is 0 Å². The average molecular weight is 371 g/mol. The van der Waals surface area contributed by atoms with Crippen molar-refractivity contribution < 1.29 is 9.18 Å². The van der Waals surface area contributed by atoms with Gasteiger partial charge in [0, 0.05) is 38.5 Å². The van der Waals surface area contributed by atoms with E-state index in [1.165, 1.54) is 6.07 Å². The number of aromatic amines is 1. The second-order valence-corrected chi connectivity index (χ2v) is 6.90. The van der Waals surface area contributed by atoms with Gasteiger partial charge >= 0.3 is 0 Å². The minimum absolute atomic E-state index is 0.0210. The third-order valence-electron chi connectivity index (χ3n) is 5.34. The number of likely N-dealkylation sites (N-methyl/N-ethyl adjacent to an activating group) is 1. The summed E-state index contributed by atoms with van der Waals surface area (Å²) in [5, 5.41) is 2.69. The second kappa shape index (κ2) is 7.11. The highest BCUT2D eigenvalue weighted by molar-refractivity contribution is 5.94. The van der Waals surface area contributed by atoms with Crippen LogP contribution in [0.4, 0.5) is 16.2 Å². The van der Waals surface area contributed by atoms with E-state index in [1.807, 2.05) is 4.90 Å². The van der Waals surface area contributed by atoms with Crippen LogP contribution in [0, 0.1) is 5.82 Å². The fourth-order valence-electron chi connectivity index (χ4n) is 3.81. The Balaban J connectivity index is 1.71.